The van der Waals surface area contributed by atoms with Gasteiger partial charge in [-0.3, -0.25) is 9.59 Å². The van der Waals surface area contributed by atoms with E-state index in [1.54, 1.807) is 35.2 Å². The number of amides is 2. The Morgan fingerprint density at radius 1 is 0.857 bits per heavy atom. The van der Waals surface area contributed by atoms with E-state index >= 15 is 0 Å². The third kappa shape index (κ3) is 4.82. The molecule has 1 aromatic heterocycles. The minimum Gasteiger partial charge on any atom is -0.331 e. The first-order chi connectivity index (χ1) is 13.5. The SMILES string of the molecule is CC(C)N(Cc1ccccc1)C(=O)c1cccc(C(=O)Nc2ccccc2)n1. The number of pyridine rings is 1. The molecular weight excluding hydrogens is 350 g/mol. The fraction of sp³-hybridized carbons (Fsp3) is 0.174. The quantitative estimate of drug-likeness (QED) is 0.697. The summed E-state index contributed by atoms with van der Waals surface area (Å²) in [6, 6.07) is 23.9. The fourth-order valence-corrected chi connectivity index (χ4v) is 2.81. The van der Waals surface area contributed by atoms with Crippen LogP contribution < -0.4 is 5.32 Å². The van der Waals surface area contributed by atoms with Crippen molar-refractivity contribution in [2.45, 2.75) is 26.4 Å². The zero-order valence-electron chi connectivity index (χ0n) is 16.0. The molecule has 0 saturated heterocycles. The molecule has 5 heteroatoms. The summed E-state index contributed by atoms with van der Waals surface area (Å²) < 4.78 is 0. The summed E-state index contributed by atoms with van der Waals surface area (Å²) in [7, 11) is 0. The summed E-state index contributed by atoms with van der Waals surface area (Å²) in [5, 5.41) is 2.79. The smallest absolute Gasteiger partial charge is 0.274 e. The van der Waals surface area contributed by atoms with Crippen molar-refractivity contribution in [1.29, 1.82) is 0 Å². The van der Waals surface area contributed by atoms with Gasteiger partial charge >= 0.3 is 0 Å². The van der Waals surface area contributed by atoms with Crippen LogP contribution in [-0.2, 0) is 6.54 Å². The van der Waals surface area contributed by atoms with E-state index in [0.29, 0.717) is 12.2 Å². The largest absolute Gasteiger partial charge is 0.331 e. The van der Waals surface area contributed by atoms with Crippen LogP contribution in [0.25, 0.3) is 0 Å². The third-order valence-electron chi connectivity index (χ3n) is 4.31. The van der Waals surface area contributed by atoms with Gasteiger partial charge in [0.25, 0.3) is 11.8 Å². The Kier molecular flexibility index (Phi) is 6.17. The number of para-hydroxylation sites is 1. The topological polar surface area (TPSA) is 62.3 Å². The van der Waals surface area contributed by atoms with Crippen LogP contribution in [0.2, 0.25) is 0 Å². The maximum absolute atomic E-state index is 13.1. The van der Waals surface area contributed by atoms with Gasteiger partial charge < -0.3 is 10.2 Å². The molecule has 1 heterocycles. The van der Waals surface area contributed by atoms with Gasteiger partial charge in [-0.15, -0.1) is 0 Å². The molecule has 0 atom stereocenters. The molecule has 0 saturated carbocycles. The molecule has 1 N–H and O–H groups in total. The first kappa shape index (κ1) is 19.3. The highest BCUT2D eigenvalue weighted by molar-refractivity contribution is 6.03. The van der Waals surface area contributed by atoms with E-state index in [1.807, 2.05) is 62.4 Å². The second-order valence-corrected chi connectivity index (χ2v) is 6.74. The number of aromatic nitrogens is 1. The van der Waals surface area contributed by atoms with Crippen molar-refractivity contribution in [3.8, 4) is 0 Å². The number of anilines is 1. The van der Waals surface area contributed by atoms with Gasteiger partial charge in [-0.2, -0.15) is 0 Å². The number of carbonyl (C=O) groups is 2. The normalized spacial score (nSPS) is 10.5. The number of hydrogen-bond donors (Lipinski definition) is 1. The predicted octanol–water partition coefficient (Wildman–Crippen LogP) is 4.38. The maximum Gasteiger partial charge on any atom is 0.274 e. The molecule has 5 nitrogen and oxygen atoms in total. The first-order valence-electron chi connectivity index (χ1n) is 9.23. The molecule has 0 radical (unpaired) electrons. The van der Waals surface area contributed by atoms with Crippen LogP contribution in [0.15, 0.2) is 78.9 Å². The van der Waals surface area contributed by atoms with Gasteiger partial charge in [0.05, 0.1) is 0 Å². The molecule has 28 heavy (non-hydrogen) atoms. The lowest BCUT2D eigenvalue weighted by atomic mass is 10.1. The Bertz CT molecular complexity index is 940. The Labute approximate surface area is 165 Å². The zero-order chi connectivity index (χ0) is 19.9. The van der Waals surface area contributed by atoms with Crippen LogP contribution in [0.5, 0.6) is 0 Å². The Balaban J connectivity index is 1.79. The maximum atomic E-state index is 13.1. The number of benzene rings is 2. The van der Waals surface area contributed by atoms with Crippen LogP contribution >= 0.6 is 0 Å². The fourth-order valence-electron chi connectivity index (χ4n) is 2.81. The molecule has 0 bridgehead atoms. The summed E-state index contributed by atoms with van der Waals surface area (Å²) >= 11 is 0. The molecule has 0 aliphatic carbocycles. The van der Waals surface area contributed by atoms with E-state index in [1.165, 1.54) is 0 Å². The summed E-state index contributed by atoms with van der Waals surface area (Å²) in [6.07, 6.45) is 0. The van der Waals surface area contributed by atoms with Crippen LogP contribution in [0.4, 0.5) is 5.69 Å². The van der Waals surface area contributed by atoms with Gasteiger partial charge in [0.15, 0.2) is 0 Å². The zero-order valence-corrected chi connectivity index (χ0v) is 16.0. The molecule has 2 aromatic carbocycles. The van der Waals surface area contributed by atoms with Crippen LogP contribution in [0.3, 0.4) is 0 Å². The average Bonchev–Trinajstić information content (AvgIpc) is 2.73. The van der Waals surface area contributed by atoms with Gasteiger partial charge in [-0.25, -0.2) is 4.98 Å². The molecule has 2 amide bonds. The van der Waals surface area contributed by atoms with E-state index in [2.05, 4.69) is 10.3 Å². The highest BCUT2D eigenvalue weighted by Gasteiger charge is 2.21. The molecule has 0 spiro atoms. The van der Waals surface area contributed by atoms with Crippen molar-refractivity contribution in [1.82, 2.24) is 9.88 Å². The van der Waals surface area contributed by atoms with Gasteiger partial charge in [-0.1, -0.05) is 54.6 Å². The summed E-state index contributed by atoms with van der Waals surface area (Å²) in [6.45, 7) is 4.42. The van der Waals surface area contributed by atoms with Gasteiger partial charge in [0.1, 0.15) is 11.4 Å². The molecule has 0 aliphatic heterocycles. The van der Waals surface area contributed by atoms with Crippen molar-refractivity contribution in [3.05, 3.63) is 95.8 Å². The second-order valence-electron chi connectivity index (χ2n) is 6.74. The Morgan fingerprint density at radius 2 is 1.46 bits per heavy atom. The Hall–Kier alpha value is -3.47. The molecule has 142 valence electrons. The summed E-state index contributed by atoms with van der Waals surface area (Å²) in [5.41, 5.74) is 2.19. The van der Waals surface area contributed by atoms with Crippen LogP contribution in [0, 0.1) is 0 Å². The number of nitrogens with zero attached hydrogens (tertiary/aromatic N) is 2. The van der Waals surface area contributed by atoms with Gasteiger partial charge in [0.2, 0.25) is 0 Å². The van der Waals surface area contributed by atoms with E-state index in [0.717, 1.165) is 5.56 Å². The van der Waals surface area contributed by atoms with Crippen molar-refractivity contribution < 1.29 is 9.59 Å². The number of rotatable bonds is 6. The van der Waals surface area contributed by atoms with E-state index in [4.69, 9.17) is 0 Å². The lowest BCUT2D eigenvalue weighted by Gasteiger charge is -2.26. The van der Waals surface area contributed by atoms with E-state index < -0.39 is 0 Å². The summed E-state index contributed by atoms with van der Waals surface area (Å²) in [4.78, 5) is 31.6. The van der Waals surface area contributed by atoms with Crippen molar-refractivity contribution in [3.63, 3.8) is 0 Å². The highest BCUT2D eigenvalue weighted by atomic mass is 16.2. The molecular formula is C23H23N3O2. The molecule has 3 aromatic rings. The minimum absolute atomic E-state index is 0.00342. The minimum atomic E-state index is -0.347. The van der Waals surface area contributed by atoms with Crippen LogP contribution in [-0.4, -0.2) is 27.7 Å². The lowest BCUT2D eigenvalue weighted by Crippen LogP contribution is -2.37. The standard InChI is InChI=1S/C23H23N3O2/c1-17(2)26(16-18-10-5-3-6-11-18)23(28)21-15-9-14-20(25-21)22(27)24-19-12-7-4-8-13-19/h3-15,17H,16H2,1-2H3,(H,24,27). The molecule has 0 fully saturated rings. The molecule has 0 unspecified atom stereocenters. The number of nitrogens with one attached hydrogen (secondary N) is 1. The van der Waals surface area contributed by atoms with Gasteiger partial charge in [-0.05, 0) is 43.7 Å². The van der Waals surface area contributed by atoms with Crippen LogP contribution in [0.1, 0.15) is 40.4 Å². The predicted molar refractivity (Wildman–Crippen MR) is 110 cm³/mol. The molecule has 0 aliphatic rings. The number of hydrogen-bond acceptors (Lipinski definition) is 3. The molecule has 3 rings (SSSR count). The van der Waals surface area contributed by atoms with Gasteiger partial charge in [0, 0.05) is 18.3 Å². The third-order valence-corrected chi connectivity index (χ3v) is 4.31. The van der Waals surface area contributed by atoms with Crippen molar-refractivity contribution in [2.75, 3.05) is 5.32 Å². The van der Waals surface area contributed by atoms with E-state index in [9.17, 15) is 9.59 Å². The lowest BCUT2D eigenvalue weighted by molar-refractivity contribution is 0.0684. The Morgan fingerprint density at radius 3 is 2.11 bits per heavy atom. The summed E-state index contributed by atoms with van der Waals surface area (Å²) in [5.74, 6) is -0.548. The average molecular weight is 373 g/mol. The number of carbonyl (C=O) groups excluding carboxylic acids is 2. The van der Waals surface area contributed by atoms with Crippen molar-refractivity contribution in [2.24, 2.45) is 0 Å². The van der Waals surface area contributed by atoms with Crippen molar-refractivity contribution >= 4 is 17.5 Å². The van der Waals surface area contributed by atoms with E-state index in [-0.39, 0.29) is 29.2 Å². The first-order valence-corrected chi connectivity index (χ1v) is 9.23. The highest BCUT2D eigenvalue weighted by Crippen LogP contribution is 2.14. The monoisotopic (exact) mass is 373 g/mol. The second kappa shape index (κ2) is 8.95.